The van der Waals surface area contributed by atoms with Crippen LogP contribution in [0.4, 0.5) is 5.69 Å². The van der Waals surface area contributed by atoms with E-state index in [2.05, 4.69) is 10.3 Å². The molecule has 0 radical (unpaired) electrons. The van der Waals surface area contributed by atoms with E-state index in [4.69, 9.17) is 5.11 Å². The molecule has 0 aliphatic carbocycles. The number of fused-ring (bicyclic) bond motifs is 1. The molecule has 1 heterocycles. The summed E-state index contributed by atoms with van der Waals surface area (Å²) in [6.07, 6.45) is 2.83. The molecule has 5 heteroatoms. The number of nitrogens with zero attached hydrogens (tertiary/aromatic N) is 1. The summed E-state index contributed by atoms with van der Waals surface area (Å²) in [5.41, 5.74) is 1.52. The summed E-state index contributed by atoms with van der Waals surface area (Å²) in [5.74, 6) is -1.000. The fraction of sp³-hybridized carbons (Fsp3) is 0.333. The van der Waals surface area contributed by atoms with Crippen molar-refractivity contribution in [2.45, 2.75) is 25.8 Å². The molecule has 2 rings (SSSR count). The van der Waals surface area contributed by atoms with Crippen molar-refractivity contribution in [3.05, 3.63) is 36.0 Å². The molecule has 0 fully saturated rings. The summed E-state index contributed by atoms with van der Waals surface area (Å²) < 4.78 is 0. The summed E-state index contributed by atoms with van der Waals surface area (Å²) in [6.45, 7) is 2.10. The largest absolute Gasteiger partial charge is 0.478 e. The molecule has 5 nitrogen and oxygen atoms in total. The van der Waals surface area contributed by atoms with Crippen LogP contribution in [-0.2, 0) is 0 Å². The van der Waals surface area contributed by atoms with Crippen molar-refractivity contribution in [3.63, 3.8) is 0 Å². The third kappa shape index (κ3) is 3.05. The number of aromatic carboxylic acids is 1. The van der Waals surface area contributed by atoms with Gasteiger partial charge in [-0.25, -0.2) is 4.79 Å². The van der Waals surface area contributed by atoms with E-state index in [0.29, 0.717) is 12.1 Å². The maximum atomic E-state index is 11.3. The maximum Gasteiger partial charge on any atom is 0.339 e. The molecule has 1 unspecified atom stereocenters. The van der Waals surface area contributed by atoms with Gasteiger partial charge in [-0.1, -0.05) is 18.2 Å². The van der Waals surface area contributed by atoms with Crippen molar-refractivity contribution in [3.8, 4) is 0 Å². The minimum Gasteiger partial charge on any atom is -0.478 e. The first-order valence-corrected chi connectivity index (χ1v) is 6.62. The van der Waals surface area contributed by atoms with Gasteiger partial charge in [-0.3, -0.25) is 4.98 Å². The average Bonchev–Trinajstić information content (AvgIpc) is 2.45. The minimum absolute atomic E-state index is 0.0751. The third-order valence-corrected chi connectivity index (χ3v) is 3.19. The van der Waals surface area contributed by atoms with Crippen LogP contribution in [-0.4, -0.2) is 33.8 Å². The van der Waals surface area contributed by atoms with Gasteiger partial charge in [-0.05, 0) is 25.8 Å². The van der Waals surface area contributed by atoms with E-state index in [1.54, 1.807) is 0 Å². The zero-order valence-corrected chi connectivity index (χ0v) is 11.3. The van der Waals surface area contributed by atoms with Gasteiger partial charge in [0.2, 0.25) is 0 Å². The number of aliphatic hydroxyl groups excluding tert-OH is 1. The van der Waals surface area contributed by atoms with Crippen molar-refractivity contribution < 1.29 is 15.0 Å². The SMILES string of the molecule is CC(CCCO)Nc1c(C(=O)O)cnc2ccccc12. The first-order chi connectivity index (χ1) is 9.63. The summed E-state index contributed by atoms with van der Waals surface area (Å²) in [5, 5.41) is 22.2. The zero-order valence-electron chi connectivity index (χ0n) is 11.3. The van der Waals surface area contributed by atoms with Gasteiger partial charge in [0.25, 0.3) is 0 Å². The molecule has 0 amide bonds. The van der Waals surface area contributed by atoms with E-state index < -0.39 is 5.97 Å². The lowest BCUT2D eigenvalue weighted by molar-refractivity contribution is 0.0697. The second kappa shape index (κ2) is 6.34. The molecule has 1 atom stereocenters. The Hall–Kier alpha value is -2.14. The van der Waals surface area contributed by atoms with Crippen LogP contribution in [0, 0.1) is 0 Å². The smallest absolute Gasteiger partial charge is 0.339 e. The van der Waals surface area contributed by atoms with Crippen LogP contribution < -0.4 is 5.32 Å². The average molecular weight is 274 g/mol. The molecule has 0 saturated carbocycles. The molecule has 0 bridgehead atoms. The van der Waals surface area contributed by atoms with Crippen molar-refractivity contribution in [2.24, 2.45) is 0 Å². The van der Waals surface area contributed by atoms with Gasteiger partial charge in [-0.15, -0.1) is 0 Å². The highest BCUT2D eigenvalue weighted by Gasteiger charge is 2.15. The topological polar surface area (TPSA) is 82.5 Å². The Balaban J connectivity index is 2.41. The number of para-hydroxylation sites is 1. The summed E-state index contributed by atoms with van der Waals surface area (Å²) in [7, 11) is 0. The number of benzene rings is 1. The second-order valence-electron chi connectivity index (χ2n) is 4.78. The molecule has 106 valence electrons. The van der Waals surface area contributed by atoms with E-state index in [-0.39, 0.29) is 18.2 Å². The predicted octanol–water partition coefficient (Wildman–Crippen LogP) is 2.51. The van der Waals surface area contributed by atoms with Crippen LogP contribution in [0.1, 0.15) is 30.1 Å². The number of anilines is 1. The maximum absolute atomic E-state index is 11.3. The van der Waals surface area contributed by atoms with Gasteiger partial charge in [0.15, 0.2) is 0 Å². The number of hydrogen-bond acceptors (Lipinski definition) is 4. The Kier molecular flexibility index (Phi) is 4.53. The molecular weight excluding hydrogens is 256 g/mol. The molecular formula is C15H18N2O3. The Morgan fingerprint density at radius 3 is 2.85 bits per heavy atom. The van der Waals surface area contributed by atoms with Gasteiger partial charge in [-0.2, -0.15) is 0 Å². The number of nitrogens with one attached hydrogen (secondary N) is 1. The number of hydrogen-bond donors (Lipinski definition) is 3. The van der Waals surface area contributed by atoms with Gasteiger partial charge in [0.05, 0.1) is 11.2 Å². The van der Waals surface area contributed by atoms with Gasteiger partial charge < -0.3 is 15.5 Å². The van der Waals surface area contributed by atoms with Crippen LogP contribution >= 0.6 is 0 Å². The summed E-state index contributed by atoms with van der Waals surface area (Å²) in [6, 6.07) is 7.51. The number of carbonyl (C=O) groups is 1. The summed E-state index contributed by atoms with van der Waals surface area (Å²) >= 11 is 0. The Morgan fingerprint density at radius 2 is 2.15 bits per heavy atom. The number of rotatable bonds is 6. The molecule has 0 spiro atoms. The Bertz CT molecular complexity index is 613. The van der Waals surface area contributed by atoms with Crippen molar-refractivity contribution in [2.75, 3.05) is 11.9 Å². The van der Waals surface area contributed by atoms with Crippen LogP contribution in [0.25, 0.3) is 10.9 Å². The van der Waals surface area contributed by atoms with E-state index in [9.17, 15) is 9.90 Å². The number of aromatic nitrogens is 1. The zero-order chi connectivity index (χ0) is 14.5. The fourth-order valence-electron chi connectivity index (χ4n) is 2.18. The molecule has 0 aliphatic rings. The lowest BCUT2D eigenvalue weighted by atomic mass is 10.1. The number of carboxylic acid groups (broad SMARTS) is 1. The lowest BCUT2D eigenvalue weighted by Gasteiger charge is -2.18. The van der Waals surface area contributed by atoms with E-state index in [1.807, 2.05) is 31.2 Å². The van der Waals surface area contributed by atoms with Crippen molar-refractivity contribution >= 4 is 22.6 Å². The van der Waals surface area contributed by atoms with Crippen molar-refractivity contribution in [1.82, 2.24) is 4.98 Å². The number of aliphatic hydroxyl groups is 1. The second-order valence-corrected chi connectivity index (χ2v) is 4.78. The van der Waals surface area contributed by atoms with Gasteiger partial charge >= 0.3 is 5.97 Å². The fourth-order valence-corrected chi connectivity index (χ4v) is 2.18. The molecule has 1 aromatic heterocycles. The van der Waals surface area contributed by atoms with Gasteiger partial charge in [0, 0.05) is 24.2 Å². The van der Waals surface area contributed by atoms with E-state index >= 15 is 0 Å². The number of carboxylic acids is 1. The predicted molar refractivity (Wildman–Crippen MR) is 78.1 cm³/mol. The van der Waals surface area contributed by atoms with Crippen molar-refractivity contribution in [1.29, 1.82) is 0 Å². The third-order valence-electron chi connectivity index (χ3n) is 3.19. The van der Waals surface area contributed by atoms with E-state index in [1.165, 1.54) is 6.20 Å². The first-order valence-electron chi connectivity index (χ1n) is 6.62. The Labute approximate surface area is 117 Å². The van der Waals surface area contributed by atoms with E-state index in [0.717, 1.165) is 17.3 Å². The monoisotopic (exact) mass is 274 g/mol. The standard InChI is InChI=1S/C15H18N2O3/c1-10(5-4-8-18)17-14-11-6-2-3-7-13(11)16-9-12(14)15(19)20/h2-3,6-7,9-10,18H,4-5,8H2,1H3,(H,16,17)(H,19,20). The molecule has 1 aromatic carbocycles. The lowest BCUT2D eigenvalue weighted by Crippen LogP contribution is -2.18. The molecule has 20 heavy (non-hydrogen) atoms. The molecule has 0 aliphatic heterocycles. The normalized spacial score (nSPS) is 12.3. The highest BCUT2D eigenvalue weighted by molar-refractivity contribution is 6.04. The first kappa shape index (κ1) is 14.3. The highest BCUT2D eigenvalue weighted by atomic mass is 16.4. The Morgan fingerprint density at radius 1 is 1.40 bits per heavy atom. The molecule has 3 N–H and O–H groups in total. The quantitative estimate of drug-likeness (QED) is 0.754. The molecule has 2 aromatic rings. The molecule has 0 saturated heterocycles. The van der Waals surface area contributed by atoms with Crippen LogP contribution in [0.3, 0.4) is 0 Å². The van der Waals surface area contributed by atoms with Crippen LogP contribution in [0.2, 0.25) is 0 Å². The van der Waals surface area contributed by atoms with Crippen LogP contribution in [0.15, 0.2) is 30.5 Å². The van der Waals surface area contributed by atoms with Gasteiger partial charge in [0.1, 0.15) is 5.56 Å². The van der Waals surface area contributed by atoms with Crippen LogP contribution in [0.5, 0.6) is 0 Å². The minimum atomic E-state index is -1.000. The number of pyridine rings is 1. The highest BCUT2D eigenvalue weighted by Crippen LogP contribution is 2.27. The summed E-state index contributed by atoms with van der Waals surface area (Å²) in [4.78, 5) is 15.5.